The first-order chi connectivity index (χ1) is 8.75. The highest BCUT2D eigenvalue weighted by Crippen LogP contribution is 2.16. The number of aromatic nitrogens is 1. The molecular formula is C15H17BrN2. The molecule has 0 spiro atoms. The van der Waals surface area contributed by atoms with Crippen molar-refractivity contribution in [3.63, 3.8) is 0 Å². The first-order valence-corrected chi connectivity index (χ1v) is 6.93. The van der Waals surface area contributed by atoms with Gasteiger partial charge in [-0.05, 0) is 55.3 Å². The minimum atomic E-state index is 0.375. The molecule has 0 aliphatic heterocycles. The van der Waals surface area contributed by atoms with Crippen molar-refractivity contribution in [2.75, 3.05) is 6.54 Å². The van der Waals surface area contributed by atoms with Crippen LogP contribution in [0.1, 0.15) is 24.1 Å². The molecule has 0 fully saturated rings. The summed E-state index contributed by atoms with van der Waals surface area (Å²) in [5.41, 5.74) is 2.63. The average molecular weight is 305 g/mol. The summed E-state index contributed by atoms with van der Waals surface area (Å²) >= 11 is 3.45. The Labute approximate surface area is 117 Å². The van der Waals surface area contributed by atoms with E-state index in [0.717, 1.165) is 17.4 Å². The van der Waals surface area contributed by atoms with Gasteiger partial charge in [0.1, 0.15) is 0 Å². The number of nitrogens with zero attached hydrogens (tertiary/aromatic N) is 1. The highest BCUT2D eigenvalue weighted by Gasteiger charge is 2.03. The zero-order chi connectivity index (χ0) is 12.8. The predicted octanol–water partition coefficient (Wildman–Crippen LogP) is 3.74. The Morgan fingerprint density at radius 1 is 1.11 bits per heavy atom. The van der Waals surface area contributed by atoms with Gasteiger partial charge < -0.3 is 5.32 Å². The van der Waals surface area contributed by atoms with E-state index >= 15 is 0 Å². The van der Waals surface area contributed by atoms with Crippen LogP contribution in [0, 0.1) is 0 Å². The van der Waals surface area contributed by atoms with Gasteiger partial charge in [-0.15, -0.1) is 0 Å². The summed E-state index contributed by atoms with van der Waals surface area (Å²) < 4.78 is 1.12. The molecule has 3 heteroatoms. The van der Waals surface area contributed by atoms with Crippen LogP contribution in [0.5, 0.6) is 0 Å². The number of halogens is 1. The highest BCUT2D eigenvalue weighted by atomic mass is 79.9. The van der Waals surface area contributed by atoms with Crippen LogP contribution in [-0.2, 0) is 6.42 Å². The third kappa shape index (κ3) is 3.93. The molecule has 1 heterocycles. The monoisotopic (exact) mass is 304 g/mol. The standard InChI is InChI=1S/C15H17BrN2/c1-12(14-2-4-15(16)5-3-14)18-11-8-13-6-9-17-10-7-13/h2-7,9-10,12,18H,8,11H2,1H3/t12-/m0/s1. The van der Waals surface area contributed by atoms with Crippen LogP contribution < -0.4 is 5.32 Å². The molecule has 0 radical (unpaired) electrons. The fourth-order valence-corrected chi connectivity index (χ4v) is 2.12. The van der Waals surface area contributed by atoms with E-state index in [4.69, 9.17) is 0 Å². The van der Waals surface area contributed by atoms with Crippen LogP contribution in [-0.4, -0.2) is 11.5 Å². The van der Waals surface area contributed by atoms with E-state index < -0.39 is 0 Å². The van der Waals surface area contributed by atoms with E-state index in [2.05, 4.69) is 69.6 Å². The van der Waals surface area contributed by atoms with E-state index in [1.165, 1.54) is 11.1 Å². The summed E-state index contributed by atoms with van der Waals surface area (Å²) in [6, 6.07) is 13.0. The Morgan fingerprint density at radius 2 is 1.78 bits per heavy atom. The molecule has 1 atom stereocenters. The smallest absolute Gasteiger partial charge is 0.0291 e. The number of hydrogen-bond acceptors (Lipinski definition) is 2. The maximum Gasteiger partial charge on any atom is 0.0291 e. The van der Waals surface area contributed by atoms with Crippen LogP contribution in [0.15, 0.2) is 53.3 Å². The molecule has 0 bridgehead atoms. The van der Waals surface area contributed by atoms with Crippen molar-refractivity contribution < 1.29 is 0 Å². The van der Waals surface area contributed by atoms with E-state index in [9.17, 15) is 0 Å². The summed E-state index contributed by atoms with van der Waals surface area (Å²) in [5.74, 6) is 0. The summed E-state index contributed by atoms with van der Waals surface area (Å²) in [6.45, 7) is 3.16. The van der Waals surface area contributed by atoms with E-state index in [1.54, 1.807) is 0 Å². The maximum absolute atomic E-state index is 4.02. The lowest BCUT2D eigenvalue weighted by Gasteiger charge is -2.14. The lowest BCUT2D eigenvalue weighted by molar-refractivity contribution is 0.576. The first kappa shape index (κ1) is 13.2. The first-order valence-electron chi connectivity index (χ1n) is 6.13. The molecule has 0 amide bonds. The van der Waals surface area contributed by atoms with Gasteiger partial charge >= 0.3 is 0 Å². The minimum absolute atomic E-state index is 0.375. The zero-order valence-electron chi connectivity index (χ0n) is 10.4. The molecule has 1 aromatic heterocycles. The Bertz CT molecular complexity index is 468. The van der Waals surface area contributed by atoms with Crippen molar-refractivity contribution in [3.05, 3.63) is 64.4 Å². The highest BCUT2D eigenvalue weighted by molar-refractivity contribution is 9.10. The summed E-state index contributed by atoms with van der Waals surface area (Å²) in [4.78, 5) is 4.02. The average Bonchev–Trinajstić information content (AvgIpc) is 2.40. The largest absolute Gasteiger partial charge is 0.310 e. The van der Waals surface area contributed by atoms with Crippen LogP contribution in [0.25, 0.3) is 0 Å². The van der Waals surface area contributed by atoms with Gasteiger partial charge in [-0.1, -0.05) is 28.1 Å². The van der Waals surface area contributed by atoms with E-state index in [1.807, 2.05) is 12.4 Å². The van der Waals surface area contributed by atoms with Crippen LogP contribution in [0.3, 0.4) is 0 Å². The van der Waals surface area contributed by atoms with Crippen molar-refractivity contribution in [2.24, 2.45) is 0 Å². The van der Waals surface area contributed by atoms with Gasteiger partial charge in [0.25, 0.3) is 0 Å². The molecule has 1 aromatic carbocycles. The SMILES string of the molecule is C[C@H](NCCc1ccncc1)c1ccc(Br)cc1. The van der Waals surface area contributed by atoms with E-state index in [0.29, 0.717) is 6.04 Å². The van der Waals surface area contributed by atoms with Crippen molar-refractivity contribution in [1.82, 2.24) is 10.3 Å². The minimum Gasteiger partial charge on any atom is -0.310 e. The Morgan fingerprint density at radius 3 is 2.44 bits per heavy atom. The Kier molecular flexibility index (Phi) is 4.90. The molecular weight excluding hydrogens is 288 g/mol. The second kappa shape index (κ2) is 6.66. The predicted molar refractivity (Wildman–Crippen MR) is 78.5 cm³/mol. The van der Waals surface area contributed by atoms with Gasteiger partial charge in [0.2, 0.25) is 0 Å². The number of nitrogens with one attached hydrogen (secondary N) is 1. The number of benzene rings is 1. The lowest BCUT2D eigenvalue weighted by atomic mass is 10.1. The summed E-state index contributed by atoms with van der Waals surface area (Å²) in [6.07, 6.45) is 4.71. The fourth-order valence-electron chi connectivity index (χ4n) is 1.85. The van der Waals surface area contributed by atoms with Gasteiger partial charge in [0, 0.05) is 22.9 Å². The Balaban J connectivity index is 1.81. The molecule has 0 unspecified atom stereocenters. The molecule has 0 aliphatic carbocycles. The third-order valence-electron chi connectivity index (χ3n) is 2.98. The van der Waals surface area contributed by atoms with Gasteiger partial charge in [0.05, 0.1) is 0 Å². The topological polar surface area (TPSA) is 24.9 Å². The van der Waals surface area contributed by atoms with Gasteiger partial charge in [0.15, 0.2) is 0 Å². The summed E-state index contributed by atoms with van der Waals surface area (Å²) in [5, 5.41) is 3.53. The van der Waals surface area contributed by atoms with Crippen molar-refractivity contribution in [2.45, 2.75) is 19.4 Å². The quantitative estimate of drug-likeness (QED) is 0.910. The van der Waals surface area contributed by atoms with Crippen molar-refractivity contribution >= 4 is 15.9 Å². The molecule has 94 valence electrons. The number of hydrogen-bond donors (Lipinski definition) is 1. The van der Waals surface area contributed by atoms with Crippen molar-refractivity contribution in [3.8, 4) is 0 Å². The van der Waals surface area contributed by atoms with Gasteiger partial charge in [-0.25, -0.2) is 0 Å². The molecule has 2 aromatic rings. The second-order valence-corrected chi connectivity index (χ2v) is 5.25. The van der Waals surface area contributed by atoms with E-state index in [-0.39, 0.29) is 0 Å². The molecule has 1 N–H and O–H groups in total. The molecule has 0 aliphatic rings. The molecule has 2 nitrogen and oxygen atoms in total. The molecule has 18 heavy (non-hydrogen) atoms. The van der Waals surface area contributed by atoms with Gasteiger partial charge in [-0.2, -0.15) is 0 Å². The number of rotatable bonds is 5. The zero-order valence-corrected chi connectivity index (χ0v) is 12.0. The fraction of sp³-hybridized carbons (Fsp3) is 0.267. The van der Waals surface area contributed by atoms with Crippen LogP contribution >= 0.6 is 15.9 Å². The normalized spacial score (nSPS) is 12.3. The van der Waals surface area contributed by atoms with Crippen LogP contribution in [0.4, 0.5) is 0 Å². The van der Waals surface area contributed by atoms with Crippen LogP contribution in [0.2, 0.25) is 0 Å². The third-order valence-corrected chi connectivity index (χ3v) is 3.51. The Hall–Kier alpha value is -1.19. The van der Waals surface area contributed by atoms with Crippen molar-refractivity contribution in [1.29, 1.82) is 0 Å². The molecule has 0 saturated carbocycles. The van der Waals surface area contributed by atoms with Gasteiger partial charge in [-0.3, -0.25) is 4.98 Å². The molecule has 0 saturated heterocycles. The summed E-state index contributed by atoms with van der Waals surface area (Å²) in [7, 11) is 0. The second-order valence-electron chi connectivity index (χ2n) is 4.33. The lowest BCUT2D eigenvalue weighted by Crippen LogP contribution is -2.21. The molecule has 2 rings (SSSR count). The number of pyridine rings is 1. The maximum atomic E-state index is 4.02.